The van der Waals surface area contributed by atoms with E-state index in [9.17, 15) is 0 Å². The summed E-state index contributed by atoms with van der Waals surface area (Å²) in [5, 5.41) is 0.978. The Labute approximate surface area is 106 Å². The van der Waals surface area contributed by atoms with Gasteiger partial charge < -0.3 is 9.47 Å². The second kappa shape index (κ2) is 4.80. The lowest BCUT2D eigenvalue weighted by Gasteiger charge is -2.16. The topological polar surface area (TPSA) is 44.2 Å². The molecule has 0 aliphatic heterocycles. The zero-order chi connectivity index (χ0) is 12.4. The molecule has 0 spiro atoms. The fraction of sp³-hybridized carbons (Fsp3) is 0.429. The third-order valence-corrected chi connectivity index (χ3v) is 3.39. The third-order valence-electron chi connectivity index (χ3n) is 3.39. The molecular formula is C14H16N2O2. The van der Waals surface area contributed by atoms with Gasteiger partial charge >= 0.3 is 0 Å². The van der Waals surface area contributed by atoms with E-state index in [2.05, 4.69) is 9.97 Å². The molecule has 0 bridgehead atoms. The lowest BCUT2D eigenvalue weighted by atomic mass is 10.2. The molecule has 4 heteroatoms. The summed E-state index contributed by atoms with van der Waals surface area (Å²) in [6, 6.07) is 3.87. The molecule has 1 saturated carbocycles. The van der Waals surface area contributed by atoms with Gasteiger partial charge in [0, 0.05) is 17.6 Å². The van der Waals surface area contributed by atoms with Crippen LogP contribution in [0.5, 0.6) is 11.5 Å². The van der Waals surface area contributed by atoms with Crippen LogP contribution in [0.1, 0.15) is 25.7 Å². The molecule has 2 aromatic rings. The second-order valence-electron chi connectivity index (χ2n) is 4.61. The fourth-order valence-electron chi connectivity index (χ4n) is 2.43. The minimum atomic E-state index is 0.320. The summed E-state index contributed by atoms with van der Waals surface area (Å²) in [5.41, 5.74) is 0.876. The van der Waals surface area contributed by atoms with E-state index in [-0.39, 0.29) is 0 Å². The van der Waals surface area contributed by atoms with Crippen LogP contribution in [-0.4, -0.2) is 23.2 Å². The number of benzene rings is 1. The zero-order valence-electron chi connectivity index (χ0n) is 10.4. The standard InChI is InChI=1S/C14H16N2O2/c1-17-13-7-12-10(8-15-9-16-12)6-14(13)18-11-4-2-3-5-11/h6-9,11H,2-5H2,1H3. The van der Waals surface area contributed by atoms with E-state index in [4.69, 9.17) is 9.47 Å². The van der Waals surface area contributed by atoms with E-state index >= 15 is 0 Å². The van der Waals surface area contributed by atoms with Gasteiger partial charge in [-0.2, -0.15) is 0 Å². The lowest BCUT2D eigenvalue weighted by molar-refractivity contribution is 0.201. The Morgan fingerprint density at radius 1 is 1.17 bits per heavy atom. The Kier molecular flexibility index (Phi) is 3.00. The first-order chi connectivity index (χ1) is 8.86. The zero-order valence-corrected chi connectivity index (χ0v) is 10.4. The average molecular weight is 244 g/mol. The minimum absolute atomic E-state index is 0.320. The molecule has 18 heavy (non-hydrogen) atoms. The molecule has 3 rings (SSSR count). The number of ether oxygens (including phenoxy) is 2. The van der Waals surface area contributed by atoms with E-state index in [0.717, 1.165) is 35.2 Å². The summed E-state index contributed by atoms with van der Waals surface area (Å²) >= 11 is 0. The van der Waals surface area contributed by atoms with Gasteiger partial charge in [0.05, 0.1) is 18.7 Å². The maximum Gasteiger partial charge on any atom is 0.162 e. The number of hydrogen-bond donors (Lipinski definition) is 0. The van der Waals surface area contributed by atoms with E-state index in [0.29, 0.717) is 6.10 Å². The lowest BCUT2D eigenvalue weighted by Crippen LogP contribution is -2.11. The molecule has 1 aromatic carbocycles. The molecule has 0 saturated heterocycles. The molecule has 1 aliphatic rings. The monoisotopic (exact) mass is 244 g/mol. The summed E-state index contributed by atoms with van der Waals surface area (Å²) in [6.45, 7) is 0. The van der Waals surface area contributed by atoms with E-state index < -0.39 is 0 Å². The van der Waals surface area contributed by atoms with E-state index in [1.165, 1.54) is 12.8 Å². The summed E-state index contributed by atoms with van der Waals surface area (Å²) in [5.74, 6) is 1.54. The summed E-state index contributed by atoms with van der Waals surface area (Å²) in [6.07, 6.45) is 8.43. The number of hydrogen-bond acceptors (Lipinski definition) is 4. The quantitative estimate of drug-likeness (QED) is 0.832. The van der Waals surface area contributed by atoms with Crippen molar-refractivity contribution in [2.24, 2.45) is 0 Å². The highest BCUT2D eigenvalue weighted by molar-refractivity contribution is 5.81. The van der Waals surface area contributed by atoms with Gasteiger partial charge in [-0.3, -0.25) is 0 Å². The Morgan fingerprint density at radius 3 is 2.78 bits per heavy atom. The number of nitrogens with zero attached hydrogens (tertiary/aromatic N) is 2. The molecular weight excluding hydrogens is 228 g/mol. The van der Waals surface area contributed by atoms with Crippen LogP contribution in [0.4, 0.5) is 0 Å². The van der Waals surface area contributed by atoms with Crippen LogP contribution in [-0.2, 0) is 0 Å². The largest absolute Gasteiger partial charge is 0.493 e. The van der Waals surface area contributed by atoms with Gasteiger partial charge in [0.25, 0.3) is 0 Å². The molecule has 0 atom stereocenters. The van der Waals surface area contributed by atoms with Crippen molar-refractivity contribution in [2.75, 3.05) is 7.11 Å². The summed E-state index contributed by atoms with van der Waals surface area (Å²) in [4.78, 5) is 8.25. The van der Waals surface area contributed by atoms with Crippen LogP contribution in [0.15, 0.2) is 24.7 Å². The van der Waals surface area contributed by atoms with E-state index in [1.807, 2.05) is 12.1 Å². The SMILES string of the molecule is COc1cc2ncncc2cc1OC1CCCC1. The van der Waals surface area contributed by atoms with Crippen molar-refractivity contribution in [3.8, 4) is 11.5 Å². The van der Waals surface area contributed by atoms with Gasteiger partial charge in [-0.1, -0.05) is 0 Å². The van der Waals surface area contributed by atoms with Crippen molar-refractivity contribution in [1.82, 2.24) is 9.97 Å². The van der Waals surface area contributed by atoms with Crippen molar-refractivity contribution >= 4 is 10.9 Å². The van der Waals surface area contributed by atoms with Crippen LogP contribution < -0.4 is 9.47 Å². The van der Waals surface area contributed by atoms with Gasteiger partial charge in [-0.05, 0) is 31.7 Å². The molecule has 0 radical (unpaired) electrons. The predicted octanol–water partition coefficient (Wildman–Crippen LogP) is 2.96. The molecule has 1 heterocycles. The van der Waals surface area contributed by atoms with Gasteiger partial charge in [0.1, 0.15) is 6.33 Å². The van der Waals surface area contributed by atoms with Crippen LogP contribution >= 0.6 is 0 Å². The van der Waals surface area contributed by atoms with Gasteiger partial charge in [-0.25, -0.2) is 9.97 Å². The Bertz CT molecular complexity index is 550. The maximum atomic E-state index is 6.02. The molecule has 0 unspecified atom stereocenters. The highest BCUT2D eigenvalue weighted by Gasteiger charge is 2.18. The summed E-state index contributed by atoms with van der Waals surface area (Å²) < 4.78 is 11.4. The van der Waals surface area contributed by atoms with Gasteiger partial charge in [0.15, 0.2) is 11.5 Å². The first kappa shape index (κ1) is 11.3. The maximum absolute atomic E-state index is 6.02. The van der Waals surface area contributed by atoms with Crippen LogP contribution in [0, 0.1) is 0 Å². The Morgan fingerprint density at radius 2 is 2.00 bits per heavy atom. The molecule has 1 aliphatic carbocycles. The normalized spacial score (nSPS) is 16.1. The minimum Gasteiger partial charge on any atom is -0.493 e. The summed E-state index contributed by atoms with van der Waals surface area (Å²) in [7, 11) is 1.66. The highest BCUT2D eigenvalue weighted by Crippen LogP contribution is 2.34. The molecule has 94 valence electrons. The number of fused-ring (bicyclic) bond motifs is 1. The first-order valence-electron chi connectivity index (χ1n) is 6.31. The Balaban J connectivity index is 1.97. The Hall–Kier alpha value is -1.84. The van der Waals surface area contributed by atoms with Crippen LogP contribution in [0.3, 0.4) is 0 Å². The van der Waals surface area contributed by atoms with Crippen molar-refractivity contribution < 1.29 is 9.47 Å². The predicted molar refractivity (Wildman–Crippen MR) is 69.0 cm³/mol. The first-order valence-corrected chi connectivity index (χ1v) is 6.31. The number of rotatable bonds is 3. The smallest absolute Gasteiger partial charge is 0.162 e. The van der Waals surface area contributed by atoms with Crippen LogP contribution in [0.2, 0.25) is 0 Å². The van der Waals surface area contributed by atoms with Gasteiger partial charge in [-0.15, -0.1) is 0 Å². The van der Waals surface area contributed by atoms with Crippen molar-refractivity contribution in [3.63, 3.8) is 0 Å². The third kappa shape index (κ3) is 2.10. The number of aromatic nitrogens is 2. The van der Waals surface area contributed by atoms with Crippen molar-refractivity contribution in [2.45, 2.75) is 31.8 Å². The molecule has 4 nitrogen and oxygen atoms in total. The second-order valence-corrected chi connectivity index (χ2v) is 4.61. The molecule has 0 N–H and O–H groups in total. The fourth-order valence-corrected chi connectivity index (χ4v) is 2.43. The van der Waals surface area contributed by atoms with E-state index in [1.54, 1.807) is 19.6 Å². The van der Waals surface area contributed by atoms with Crippen molar-refractivity contribution in [3.05, 3.63) is 24.7 Å². The van der Waals surface area contributed by atoms with Gasteiger partial charge in [0.2, 0.25) is 0 Å². The average Bonchev–Trinajstić information content (AvgIpc) is 2.91. The highest BCUT2D eigenvalue weighted by atomic mass is 16.5. The van der Waals surface area contributed by atoms with Crippen LogP contribution in [0.25, 0.3) is 10.9 Å². The van der Waals surface area contributed by atoms with Crippen molar-refractivity contribution in [1.29, 1.82) is 0 Å². The molecule has 1 fully saturated rings. The molecule has 1 aromatic heterocycles. The molecule has 0 amide bonds. The number of methoxy groups -OCH3 is 1.